The van der Waals surface area contributed by atoms with Crippen LogP contribution < -0.4 is 0 Å². The molecule has 0 aliphatic heterocycles. The van der Waals surface area contributed by atoms with E-state index in [0.717, 1.165) is 105 Å². The zero-order chi connectivity index (χ0) is 56.2. The van der Waals surface area contributed by atoms with E-state index < -0.39 is 10.0 Å². The van der Waals surface area contributed by atoms with Gasteiger partial charge in [0.2, 0.25) is 5.95 Å². The van der Waals surface area contributed by atoms with Gasteiger partial charge in [-0.05, 0) is 127 Å². The van der Waals surface area contributed by atoms with Crippen molar-refractivity contribution < 1.29 is 0 Å². The van der Waals surface area contributed by atoms with Gasteiger partial charge in [0.1, 0.15) is 5.82 Å². The topological polar surface area (TPSA) is 69.3 Å². The number of rotatable bonds is 9. The molecular formula is C77H49N7S. The van der Waals surface area contributed by atoms with Crippen molar-refractivity contribution in [2.24, 2.45) is 0 Å². The first-order valence-electron chi connectivity index (χ1n) is 28.6. The number of nitrogens with zero attached hydrogens (tertiary/aromatic N) is 7. The molecule has 0 aliphatic carbocycles. The monoisotopic (exact) mass is 1100 g/mol. The summed E-state index contributed by atoms with van der Waals surface area (Å²) in [4.78, 5) is 16.5. The predicted octanol–water partition coefficient (Wildman–Crippen LogP) is 19.7. The molecule has 0 amide bonds. The molecule has 0 unspecified atom stereocenters. The first-order chi connectivity index (χ1) is 42.1. The lowest BCUT2D eigenvalue weighted by Crippen LogP contribution is -2.08. The maximum absolute atomic E-state index is 10.0. The summed E-state index contributed by atoms with van der Waals surface area (Å²) in [5, 5.41) is 19.0. The van der Waals surface area contributed by atoms with Crippen LogP contribution >= 0.6 is 10.0 Å². The number of para-hydroxylation sites is 5. The molecule has 0 spiro atoms. The van der Waals surface area contributed by atoms with E-state index in [1.165, 1.54) is 30.4 Å². The summed E-state index contributed by atoms with van der Waals surface area (Å²) in [5.41, 5.74) is 12.9. The zero-order valence-corrected chi connectivity index (χ0v) is 46.6. The number of benzene rings is 12. The van der Waals surface area contributed by atoms with Crippen LogP contribution in [-0.2, 0) is 0 Å². The molecular weight excluding hydrogens is 1050 g/mol. The predicted molar refractivity (Wildman–Crippen MR) is 350 cm³/mol. The molecule has 5 heterocycles. The molecule has 0 radical (unpaired) electrons. The van der Waals surface area contributed by atoms with Crippen molar-refractivity contribution in [1.82, 2.24) is 28.2 Å². The van der Waals surface area contributed by atoms with E-state index in [1.807, 2.05) is 12.1 Å². The second kappa shape index (κ2) is 19.2. The second-order valence-corrected chi connectivity index (χ2v) is 24.8. The Morgan fingerprint density at radius 3 is 1.25 bits per heavy atom. The maximum Gasteiger partial charge on any atom is 0.237 e. The van der Waals surface area contributed by atoms with Crippen LogP contribution in [0.25, 0.3) is 122 Å². The lowest BCUT2D eigenvalue weighted by Gasteiger charge is -2.42. The van der Waals surface area contributed by atoms with Gasteiger partial charge in [-0.25, -0.2) is 4.98 Å². The van der Waals surface area contributed by atoms with Gasteiger partial charge in [0.25, 0.3) is 0 Å². The van der Waals surface area contributed by atoms with Gasteiger partial charge in [0.15, 0.2) is 0 Å². The number of nitriles is 1. The van der Waals surface area contributed by atoms with E-state index in [0.29, 0.717) is 11.5 Å². The van der Waals surface area contributed by atoms with Gasteiger partial charge in [0.05, 0.1) is 61.5 Å². The SMILES string of the molecule is N#Cc1ccc2c(c1)c1ccccc1n2-c1ccc2c3ccccc3n(-c3nc(-c4cccc(S(c5ccccc5)(c5ccccc5)c5ccccc5)c4)cc(-n4c5ccccc5c5cc(-n6c7ccccc7c7ccccc76)ccc54)n3)c2c1. The highest BCUT2D eigenvalue weighted by molar-refractivity contribution is 8.34. The molecule has 398 valence electrons. The highest BCUT2D eigenvalue weighted by atomic mass is 32.3. The molecule has 12 aromatic carbocycles. The molecule has 0 bridgehead atoms. The summed E-state index contributed by atoms with van der Waals surface area (Å²) in [6.07, 6.45) is 0. The summed E-state index contributed by atoms with van der Waals surface area (Å²) < 4.78 is 9.30. The summed E-state index contributed by atoms with van der Waals surface area (Å²) in [7, 11) is -2.05. The molecule has 7 nitrogen and oxygen atoms in total. The summed E-state index contributed by atoms with van der Waals surface area (Å²) >= 11 is 0. The minimum atomic E-state index is -2.05. The lowest BCUT2D eigenvalue weighted by atomic mass is 10.1. The molecule has 8 heteroatoms. The van der Waals surface area contributed by atoms with Crippen molar-refractivity contribution in [1.29, 1.82) is 5.26 Å². The van der Waals surface area contributed by atoms with Crippen molar-refractivity contribution in [2.45, 2.75) is 19.6 Å². The molecule has 0 N–H and O–H groups in total. The second-order valence-electron chi connectivity index (χ2n) is 21.7. The molecule has 85 heavy (non-hydrogen) atoms. The van der Waals surface area contributed by atoms with Gasteiger partial charge in [-0.3, -0.25) is 9.13 Å². The molecule has 0 atom stereocenters. The quantitative estimate of drug-likeness (QED) is 0.145. The van der Waals surface area contributed by atoms with Crippen LogP contribution in [0.2, 0.25) is 0 Å². The Balaban J connectivity index is 0.946. The van der Waals surface area contributed by atoms with Crippen molar-refractivity contribution in [3.05, 3.63) is 303 Å². The number of hydrogen-bond donors (Lipinski definition) is 0. The Morgan fingerprint density at radius 2 is 0.694 bits per heavy atom. The smallest absolute Gasteiger partial charge is 0.237 e. The van der Waals surface area contributed by atoms with Crippen LogP contribution in [-0.4, -0.2) is 28.2 Å². The average molecular weight is 1100 g/mol. The van der Waals surface area contributed by atoms with Crippen molar-refractivity contribution >= 4 is 97.3 Å². The summed E-state index contributed by atoms with van der Waals surface area (Å²) in [6.45, 7) is 0. The Hall–Kier alpha value is -11.2. The highest BCUT2D eigenvalue weighted by Crippen LogP contribution is 2.73. The van der Waals surface area contributed by atoms with E-state index >= 15 is 0 Å². The van der Waals surface area contributed by atoms with E-state index in [4.69, 9.17) is 9.97 Å². The largest absolute Gasteiger partial charge is 0.309 e. The Labute approximate surface area is 490 Å². The standard InChI is InChI=1S/C77H49N7S/c78-50-51-39-43-73-65(45-51)62-32-13-17-36-70(62)82(73)54-40-42-64-61-31-12-19-38-72(61)84(75(64)48-54)77-79-67(52-21-20-28-58(46-52)85(55-22-4-1-5-23-55,56-24-6-2-7-25-56)57-26-8-3-9-27-57)49-76(80-77)83-71-37-18-14-33-63(71)66-47-53(41-44-74(66)83)81-68-34-15-10-29-59(68)60-30-11-16-35-69(60)81/h1-49H. The van der Waals surface area contributed by atoms with Crippen LogP contribution in [0.3, 0.4) is 0 Å². The van der Waals surface area contributed by atoms with E-state index in [1.54, 1.807) is 0 Å². The summed E-state index contributed by atoms with van der Waals surface area (Å²) in [6, 6.07) is 109. The van der Waals surface area contributed by atoms with Gasteiger partial charge >= 0.3 is 0 Å². The minimum absolute atomic E-state index is 0.544. The number of hydrogen-bond acceptors (Lipinski definition) is 3. The number of aromatic nitrogens is 6. The van der Waals surface area contributed by atoms with Crippen molar-refractivity contribution in [2.75, 3.05) is 0 Å². The first kappa shape index (κ1) is 48.5. The third kappa shape index (κ3) is 7.34. The van der Waals surface area contributed by atoms with E-state index in [2.05, 4.69) is 309 Å². The molecule has 0 aliphatic rings. The van der Waals surface area contributed by atoms with Gasteiger partial charge in [0, 0.05) is 85.7 Å². The Bertz CT molecular complexity index is 5420. The Morgan fingerprint density at radius 1 is 0.282 bits per heavy atom. The zero-order valence-electron chi connectivity index (χ0n) is 45.8. The van der Waals surface area contributed by atoms with Crippen LogP contribution in [0, 0.1) is 11.3 Å². The van der Waals surface area contributed by atoms with Gasteiger partial charge < -0.3 is 9.13 Å². The molecule has 0 saturated heterocycles. The molecule has 5 aromatic heterocycles. The van der Waals surface area contributed by atoms with Crippen LogP contribution in [0.4, 0.5) is 0 Å². The van der Waals surface area contributed by atoms with Crippen molar-refractivity contribution in [3.8, 4) is 40.5 Å². The van der Waals surface area contributed by atoms with Crippen molar-refractivity contribution in [3.63, 3.8) is 0 Å². The third-order valence-electron chi connectivity index (χ3n) is 17.1. The van der Waals surface area contributed by atoms with Gasteiger partial charge in [-0.15, -0.1) is 10.0 Å². The van der Waals surface area contributed by atoms with E-state index in [-0.39, 0.29) is 0 Å². The minimum Gasteiger partial charge on any atom is -0.309 e. The van der Waals surface area contributed by atoms with Gasteiger partial charge in [-0.2, -0.15) is 10.2 Å². The lowest BCUT2D eigenvalue weighted by molar-refractivity contribution is 0.951. The fourth-order valence-corrected chi connectivity index (χ4v) is 17.4. The molecule has 0 saturated carbocycles. The van der Waals surface area contributed by atoms with E-state index in [9.17, 15) is 5.26 Å². The number of fused-ring (bicyclic) bond motifs is 12. The highest BCUT2D eigenvalue weighted by Gasteiger charge is 2.34. The molecule has 17 rings (SSSR count). The fraction of sp³-hybridized carbons (Fsp3) is 0. The van der Waals surface area contributed by atoms with Gasteiger partial charge in [-0.1, -0.05) is 164 Å². The van der Waals surface area contributed by atoms with Crippen LogP contribution in [0.1, 0.15) is 5.56 Å². The maximum atomic E-state index is 10.0. The molecule has 17 aromatic rings. The van der Waals surface area contributed by atoms with Crippen LogP contribution in [0.15, 0.2) is 317 Å². The third-order valence-corrected chi connectivity index (χ3v) is 21.0. The molecule has 0 fully saturated rings. The first-order valence-corrected chi connectivity index (χ1v) is 30.2. The Kier molecular flexibility index (Phi) is 10.9. The fourth-order valence-electron chi connectivity index (χ4n) is 13.5. The average Bonchev–Trinajstić information content (AvgIpc) is 3.08. The van der Waals surface area contributed by atoms with Crippen LogP contribution in [0.5, 0.6) is 0 Å². The summed E-state index contributed by atoms with van der Waals surface area (Å²) in [5.74, 6) is 1.29. The normalized spacial score (nSPS) is 12.2.